The lowest BCUT2D eigenvalue weighted by atomic mass is 9.79. The van der Waals surface area contributed by atoms with E-state index in [1.807, 2.05) is 0 Å². The summed E-state index contributed by atoms with van der Waals surface area (Å²) in [4.78, 5) is 12.3. The second-order valence-corrected chi connectivity index (χ2v) is 8.88. The minimum atomic E-state index is -0.402. The first kappa shape index (κ1) is 25.9. The van der Waals surface area contributed by atoms with E-state index in [0.717, 1.165) is 18.4 Å². The molecule has 2 aromatic carbocycles. The fourth-order valence-electron chi connectivity index (χ4n) is 5.12. The molecular weight excluding hydrogens is 396 g/mol. The fourth-order valence-corrected chi connectivity index (χ4v) is 5.12. The summed E-state index contributed by atoms with van der Waals surface area (Å²) in [5.74, 6) is -0.402. The molecule has 0 aliphatic rings. The van der Waals surface area contributed by atoms with Crippen LogP contribution in [0, 0.1) is 48.5 Å². The van der Waals surface area contributed by atoms with Gasteiger partial charge in [-0.3, -0.25) is 0 Å². The third-order valence-corrected chi connectivity index (χ3v) is 7.27. The number of carbonyl (C=O) groups is 1. The molecule has 0 radical (unpaired) electrons. The standard InChI is InChI=1S/C29H40O3/c1-12-24-17(4)20(7)27(21(8)18(24)5)28-22(9)19(6)26(25(13-2)23(28)10)15-32-29(30)16(3)14-31-11/h3,12-15H2,1-2,4-11H3. The molecule has 0 saturated carbocycles. The van der Waals surface area contributed by atoms with Gasteiger partial charge in [-0.2, -0.15) is 0 Å². The highest BCUT2D eigenvalue weighted by Crippen LogP contribution is 2.41. The van der Waals surface area contributed by atoms with Crippen LogP contribution in [0.4, 0.5) is 0 Å². The summed E-state index contributed by atoms with van der Waals surface area (Å²) in [5.41, 5.74) is 16.1. The van der Waals surface area contributed by atoms with Crippen molar-refractivity contribution in [2.24, 2.45) is 0 Å². The summed E-state index contributed by atoms with van der Waals surface area (Å²) in [6.45, 7) is 24.2. The molecule has 0 saturated heterocycles. The van der Waals surface area contributed by atoms with E-state index >= 15 is 0 Å². The van der Waals surface area contributed by atoms with Gasteiger partial charge in [-0.15, -0.1) is 0 Å². The highest BCUT2D eigenvalue weighted by atomic mass is 16.5. The van der Waals surface area contributed by atoms with Crippen molar-refractivity contribution in [3.8, 4) is 11.1 Å². The van der Waals surface area contributed by atoms with Crippen molar-refractivity contribution >= 4 is 5.97 Å². The van der Waals surface area contributed by atoms with Crippen LogP contribution in [-0.4, -0.2) is 19.7 Å². The SMILES string of the molecule is C=C(COC)C(=O)OCc1c(C)c(C)c(-c2c(C)c(C)c(CC)c(C)c2C)c(C)c1CC. The Bertz CT molecular complexity index is 1030. The highest BCUT2D eigenvalue weighted by molar-refractivity contribution is 5.88. The van der Waals surface area contributed by atoms with Crippen LogP contribution >= 0.6 is 0 Å². The molecule has 0 aliphatic heterocycles. The van der Waals surface area contributed by atoms with Gasteiger partial charge < -0.3 is 9.47 Å². The number of hydrogen-bond acceptors (Lipinski definition) is 3. The number of hydrogen-bond donors (Lipinski definition) is 0. The fraction of sp³-hybridized carbons (Fsp3) is 0.483. The van der Waals surface area contributed by atoms with E-state index in [9.17, 15) is 4.79 Å². The zero-order valence-corrected chi connectivity index (χ0v) is 21.8. The summed E-state index contributed by atoms with van der Waals surface area (Å²) in [7, 11) is 1.55. The second-order valence-electron chi connectivity index (χ2n) is 8.88. The number of esters is 1. The number of rotatable bonds is 8. The molecule has 0 atom stereocenters. The van der Waals surface area contributed by atoms with Crippen molar-refractivity contribution in [2.75, 3.05) is 13.7 Å². The molecule has 3 nitrogen and oxygen atoms in total. The van der Waals surface area contributed by atoms with Crippen molar-refractivity contribution in [2.45, 2.75) is 81.8 Å². The first-order chi connectivity index (χ1) is 15.0. The van der Waals surface area contributed by atoms with Gasteiger partial charge >= 0.3 is 5.97 Å². The maximum absolute atomic E-state index is 12.3. The Hall–Kier alpha value is -2.39. The van der Waals surface area contributed by atoms with E-state index in [1.54, 1.807) is 7.11 Å². The van der Waals surface area contributed by atoms with Gasteiger partial charge in [0.05, 0.1) is 12.2 Å². The Labute approximate surface area is 194 Å². The minimum absolute atomic E-state index is 0.181. The normalized spacial score (nSPS) is 11.1. The Morgan fingerprint density at radius 2 is 1.12 bits per heavy atom. The third-order valence-electron chi connectivity index (χ3n) is 7.27. The van der Waals surface area contributed by atoms with Crippen molar-refractivity contribution < 1.29 is 14.3 Å². The molecule has 2 rings (SSSR count). The lowest BCUT2D eigenvalue weighted by Crippen LogP contribution is -2.14. The van der Waals surface area contributed by atoms with Gasteiger partial charge in [-0.25, -0.2) is 4.79 Å². The number of benzene rings is 2. The maximum atomic E-state index is 12.3. The molecule has 0 bridgehead atoms. The molecule has 0 unspecified atom stereocenters. The van der Waals surface area contributed by atoms with Gasteiger partial charge in [0.2, 0.25) is 0 Å². The van der Waals surface area contributed by atoms with E-state index < -0.39 is 5.97 Å². The van der Waals surface area contributed by atoms with Gasteiger partial charge in [-0.05, 0) is 128 Å². The zero-order chi connectivity index (χ0) is 24.3. The molecular formula is C29H40O3. The Balaban J connectivity index is 2.69. The molecule has 0 spiro atoms. The molecule has 32 heavy (non-hydrogen) atoms. The predicted octanol–water partition coefficient (Wildman–Crippen LogP) is 6.88. The van der Waals surface area contributed by atoms with Gasteiger partial charge in [0, 0.05) is 7.11 Å². The van der Waals surface area contributed by atoms with E-state index in [4.69, 9.17) is 9.47 Å². The van der Waals surface area contributed by atoms with E-state index in [0.29, 0.717) is 5.57 Å². The topological polar surface area (TPSA) is 35.5 Å². The number of ether oxygens (including phenoxy) is 2. The van der Waals surface area contributed by atoms with Crippen LogP contribution in [0.15, 0.2) is 12.2 Å². The zero-order valence-electron chi connectivity index (χ0n) is 21.8. The van der Waals surface area contributed by atoms with E-state index in [2.05, 4.69) is 68.9 Å². The Kier molecular flexibility index (Phi) is 8.47. The predicted molar refractivity (Wildman–Crippen MR) is 135 cm³/mol. The van der Waals surface area contributed by atoms with Crippen molar-refractivity contribution in [1.29, 1.82) is 0 Å². The van der Waals surface area contributed by atoms with Gasteiger partial charge in [0.1, 0.15) is 6.61 Å². The molecule has 174 valence electrons. The summed E-state index contributed by atoms with van der Waals surface area (Å²) in [6, 6.07) is 0. The van der Waals surface area contributed by atoms with Crippen LogP contribution < -0.4 is 0 Å². The molecule has 3 heteroatoms. The molecule has 0 aromatic heterocycles. The summed E-state index contributed by atoms with van der Waals surface area (Å²) >= 11 is 0. The second kappa shape index (κ2) is 10.5. The van der Waals surface area contributed by atoms with Crippen LogP contribution in [0.3, 0.4) is 0 Å². The van der Waals surface area contributed by atoms with Crippen molar-refractivity contribution in [3.05, 3.63) is 67.8 Å². The highest BCUT2D eigenvalue weighted by Gasteiger charge is 2.23. The van der Waals surface area contributed by atoms with Gasteiger partial charge in [-0.1, -0.05) is 20.4 Å². The van der Waals surface area contributed by atoms with Crippen LogP contribution in [0.2, 0.25) is 0 Å². The Morgan fingerprint density at radius 3 is 1.56 bits per heavy atom. The lowest BCUT2D eigenvalue weighted by Gasteiger charge is -2.26. The molecule has 2 aromatic rings. The van der Waals surface area contributed by atoms with E-state index in [-0.39, 0.29) is 13.2 Å². The van der Waals surface area contributed by atoms with Crippen LogP contribution in [0.5, 0.6) is 0 Å². The monoisotopic (exact) mass is 436 g/mol. The summed E-state index contributed by atoms with van der Waals surface area (Å²) in [6.07, 6.45) is 1.93. The number of carbonyl (C=O) groups excluding carboxylic acids is 1. The smallest absolute Gasteiger partial charge is 0.336 e. The van der Waals surface area contributed by atoms with Gasteiger partial charge in [0.25, 0.3) is 0 Å². The average Bonchev–Trinajstić information content (AvgIpc) is 2.76. The van der Waals surface area contributed by atoms with Crippen molar-refractivity contribution in [3.63, 3.8) is 0 Å². The first-order valence-corrected chi connectivity index (χ1v) is 11.6. The first-order valence-electron chi connectivity index (χ1n) is 11.6. The van der Waals surface area contributed by atoms with Crippen LogP contribution in [-0.2, 0) is 33.7 Å². The Morgan fingerprint density at radius 1 is 0.688 bits per heavy atom. The number of methoxy groups -OCH3 is 1. The largest absolute Gasteiger partial charge is 0.457 e. The summed E-state index contributed by atoms with van der Waals surface area (Å²) in [5, 5.41) is 0. The van der Waals surface area contributed by atoms with Crippen LogP contribution in [0.1, 0.15) is 69.5 Å². The molecule has 0 aliphatic carbocycles. The third kappa shape index (κ3) is 4.54. The van der Waals surface area contributed by atoms with Crippen LogP contribution in [0.25, 0.3) is 11.1 Å². The molecule has 0 amide bonds. The molecule has 0 heterocycles. The molecule has 0 N–H and O–H groups in total. The van der Waals surface area contributed by atoms with E-state index in [1.165, 1.54) is 61.2 Å². The van der Waals surface area contributed by atoms with Gasteiger partial charge in [0.15, 0.2) is 0 Å². The minimum Gasteiger partial charge on any atom is -0.457 e. The lowest BCUT2D eigenvalue weighted by molar-refractivity contribution is -0.140. The average molecular weight is 437 g/mol. The molecule has 0 fully saturated rings. The quantitative estimate of drug-likeness (QED) is 0.334. The van der Waals surface area contributed by atoms with Crippen molar-refractivity contribution in [1.82, 2.24) is 0 Å². The maximum Gasteiger partial charge on any atom is 0.336 e. The summed E-state index contributed by atoms with van der Waals surface area (Å²) < 4.78 is 10.6.